The monoisotopic (exact) mass is 296 g/mol. The highest BCUT2D eigenvalue weighted by Crippen LogP contribution is 2.20. The minimum absolute atomic E-state index is 0.147. The first kappa shape index (κ1) is 16.5. The van der Waals surface area contributed by atoms with Crippen LogP contribution in [0.3, 0.4) is 0 Å². The lowest BCUT2D eigenvalue weighted by atomic mass is 10.2. The predicted molar refractivity (Wildman–Crippen MR) is 82.0 cm³/mol. The van der Waals surface area contributed by atoms with Crippen LogP contribution in [0.1, 0.15) is 31.7 Å². The smallest absolute Gasteiger partial charge is 0.233 e. The molecule has 0 aliphatic rings. The Kier molecular flexibility index (Phi) is 6.52. The fourth-order valence-electron chi connectivity index (χ4n) is 1.72. The molecule has 0 atom stereocenters. The molecule has 0 bridgehead atoms. The number of unbranched alkanes of at least 4 members (excludes halogenated alkanes) is 1. The fourth-order valence-corrected chi connectivity index (χ4v) is 1.89. The highest BCUT2D eigenvalue weighted by molar-refractivity contribution is 6.31. The fraction of sp³-hybridized carbons (Fsp3) is 0.467. The van der Waals surface area contributed by atoms with Gasteiger partial charge < -0.3 is 10.2 Å². The summed E-state index contributed by atoms with van der Waals surface area (Å²) >= 11 is 5.89. The largest absolute Gasteiger partial charge is 0.345 e. The molecule has 0 aromatic heterocycles. The molecule has 0 saturated carbocycles. The van der Waals surface area contributed by atoms with Crippen molar-refractivity contribution in [2.75, 3.05) is 18.9 Å². The standard InChI is InChI=1S/C15H21ClN2O2/c1-4-5-8-18(3)15(20)10-14(19)17-13-9-12(16)7-6-11(13)2/h6-7,9H,4-5,8,10H2,1-3H3,(H,17,19). The van der Waals surface area contributed by atoms with Crippen LogP contribution < -0.4 is 5.32 Å². The van der Waals surface area contributed by atoms with Gasteiger partial charge in [-0.1, -0.05) is 31.0 Å². The quantitative estimate of drug-likeness (QED) is 0.819. The van der Waals surface area contributed by atoms with Crippen LogP contribution in [0.4, 0.5) is 5.69 Å². The van der Waals surface area contributed by atoms with Crippen molar-refractivity contribution in [3.05, 3.63) is 28.8 Å². The number of carbonyl (C=O) groups is 2. The number of anilines is 1. The molecule has 0 unspecified atom stereocenters. The minimum atomic E-state index is -0.316. The van der Waals surface area contributed by atoms with E-state index in [2.05, 4.69) is 12.2 Å². The van der Waals surface area contributed by atoms with Gasteiger partial charge in [-0.15, -0.1) is 0 Å². The SMILES string of the molecule is CCCCN(C)C(=O)CC(=O)Nc1cc(Cl)ccc1C. The summed E-state index contributed by atoms with van der Waals surface area (Å²) in [5.74, 6) is -0.487. The van der Waals surface area contributed by atoms with E-state index in [0.717, 1.165) is 18.4 Å². The average molecular weight is 297 g/mol. The Morgan fingerprint density at radius 3 is 2.70 bits per heavy atom. The van der Waals surface area contributed by atoms with E-state index in [4.69, 9.17) is 11.6 Å². The molecule has 20 heavy (non-hydrogen) atoms. The van der Waals surface area contributed by atoms with Crippen molar-refractivity contribution in [3.8, 4) is 0 Å². The summed E-state index contributed by atoms with van der Waals surface area (Å²) in [5.41, 5.74) is 1.56. The third-order valence-electron chi connectivity index (χ3n) is 3.06. The Morgan fingerprint density at radius 1 is 1.35 bits per heavy atom. The van der Waals surface area contributed by atoms with Gasteiger partial charge in [0.2, 0.25) is 11.8 Å². The molecule has 0 saturated heterocycles. The number of hydrogen-bond acceptors (Lipinski definition) is 2. The molecule has 1 aromatic carbocycles. The second-order valence-corrected chi connectivity index (χ2v) is 5.29. The zero-order chi connectivity index (χ0) is 15.1. The highest BCUT2D eigenvalue weighted by Gasteiger charge is 2.14. The maximum Gasteiger partial charge on any atom is 0.233 e. The van der Waals surface area contributed by atoms with Crippen molar-refractivity contribution < 1.29 is 9.59 Å². The first-order chi connectivity index (χ1) is 9.43. The summed E-state index contributed by atoms with van der Waals surface area (Å²) in [5, 5.41) is 3.28. The van der Waals surface area contributed by atoms with Crippen molar-refractivity contribution in [2.24, 2.45) is 0 Å². The van der Waals surface area contributed by atoms with E-state index >= 15 is 0 Å². The average Bonchev–Trinajstić information content (AvgIpc) is 2.40. The lowest BCUT2D eigenvalue weighted by molar-refractivity contribution is -0.133. The van der Waals surface area contributed by atoms with Crippen LogP contribution in [-0.2, 0) is 9.59 Å². The second-order valence-electron chi connectivity index (χ2n) is 4.85. The van der Waals surface area contributed by atoms with Crippen molar-refractivity contribution in [1.82, 2.24) is 4.90 Å². The Balaban J connectivity index is 2.55. The Hall–Kier alpha value is -1.55. The topological polar surface area (TPSA) is 49.4 Å². The summed E-state index contributed by atoms with van der Waals surface area (Å²) < 4.78 is 0. The molecule has 0 spiro atoms. The van der Waals surface area contributed by atoms with Crippen molar-refractivity contribution >= 4 is 29.1 Å². The van der Waals surface area contributed by atoms with Gasteiger partial charge in [0.1, 0.15) is 6.42 Å². The number of nitrogens with one attached hydrogen (secondary N) is 1. The van der Waals surface area contributed by atoms with Gasteiger partial charge in [0.25, 0.3) is 0 Å². The number of aryl methyl sites for hydroxylation is 1. The van der Waals surface area contributed by atoms with E-state index in [-0.39, 0.29) is 18.2 Å². The maximum atomic E-state index is 11.9. The van der Waals surface area contributed by atoms with Crippen LogP contribution in [0.25, 0.3) is 0 Å². The first-order valence-electron chi connectivity index (χ1n) is 6.74. The van der Waals surface area contributed by atoms with Crippen molar-refractivity contribution in [2.45, 2.75) is 33.1 Å². The van der Waals surface area contributed by atoms with Crippen molar-refractivity contribution in [3.63, 3.8) is 0 Å². The highest BCUT2D eigenvalue weighted by atomic mass is 35.5. The maximum absolute atomic E-state index is 11.9. The van der Waals surface area contributed by atoms with E-state index in [0.29, 0.717) is 17.3 Å². The Labute approximate surface area is 125 Å². The van der Waals surface area contributed by atoms with Gasteiger partial charge in [-0.05, 0) is 31.0 Å². The third-order valence-corrected chi connectivity index (χ3v) is 3.29. The molecule has 0 heterocycles. The number of rotatable bonds is 6. The van der Waals surface area contributed by atoms with Gasteiger partial charge in [-0.3, -0.25) is 9.59 Å². The number of carbonyl (C=O) groups excluding carboxylic acids is 2. The number of nitrogens with zero attached hydrogens (tertiary/aromatic N) is 1. The van der Waals surface area contributed by atoms with Crippen molar-refractivity contribution in [1.29, 1.82) is 0 Å². The second kappa shape index (κ2) is 7.90. The Bertz CT molecular complexity index is 489. The molecular formula is C15H21ClN2O2. The number of hydrogen-bond donors (Lipinski definition) is 1. The molecule has 1 aromatic rings. The van der Waals surface area contributed by atoms with E-state index in [1.54, 1.807) is 24.1 Å². The molecule has 0 aliphatic carbocycles. The molecule has 0 radical (unpaired) electrons. The van der Waals surface area contributed by atoms with Gasteiger partial charge in [-0.25, -0.2) is 0 Å². The summed E-state index contributed by atoms with van der Waals surface area (Å²) in [4.78, 5) is 25.3. The van der Waals surface area contributed by atoms with E-state index in [1.165, 1.54) is 0 Å². The summed E-state index contributed by atoms with van der Waals surface area (Å²) in [6.45, 7) is 4.62. The molecule has 1 N–H and O–H groups in total. The number of amides is 2. The van der Waals surface area contributed by atoms with Crippen LogP contribution in [0.15, 0.2) is 18.2 Å². The molecule has 5 heteroatoms. The lowest BCUT2D eigenvalue weighted by Crippen LogP contribution is -2.31. The van der Waals surface area contributed by atoms with Crippen LogP contribution in [-0.4, -0.2) is 30.3 Å². The minimum Gasteiger partial charge on any atom is -0.345 e. The van der Waals surface area contributed by atoms with E-state index in [9.17, 15) is 9.59 Å². The van der Waals surface area contributed by atoms with Crippen LogP contribution in [0, 0.1) is 6.92 Å². The van der Waals surface area contributed by atoms with E-state index in [1.807, 2.05) is 13.0 Å². The normalized spacial score (nSPS) is 10.2. The number of benzene rings is 1. The van der Waals surface area contributed by atoms with Crippen LogP contribution in [0.5, 0.6) is 0 Å². The van der Waals surface area contributed by atoms with Crippen LogP contribution in [0.2, 0.25) is 5.02 Å². The zero-order valence-corrected chi connectivity index (χ0v) is 13.0. The molecule has 1 rings (SSSR count). The van der Waals surface area contributed by atoms with E-state index < -0.39 is 0 Å². The van der Waals surface area contributed by atoms with Gasteiger partial charge in [-0.2, -0.15) is 0 Å². The van der Waals surface area contributed by atoms with Gasteiger partial charge in [0.15, 0.2) is 0 Å². The zero-order valence-electron chi connectivity index (χ0n) is 12.2. The molecule has 110 valence electrons. The molecular weight excluding hydrogens is 276 g/mol. The summed E-state index contributed by atoms with van der Waals surface area (Å²) in [7, 11) is 1.72. The molecule has 4 nitrogen and oxygen atoms in total. The lowest BCUT2D eigenvalue weighted by Gasteiger charge is -2.16. The van der Waals surface area contributed by atoms with Crippen LogP contribution >= 0.6 is 11.6 Å². The molecule has 0 aliphatic heterocycles. The Morgan fingerprint density at radius 2 is 2.05 bits per heavy atom. The third kappa shape index (κ3) is 5.21. The summed E-state index contributed by atoms with van der Waals surface area (Å²) in [6.07, 6.45) is 1.81. The van der Waals surface area contributed by atoms with Gasteiger partial charge in [0.05, 0.1) is 0 Å². The molecule has 2 amide bonds. The summed E-state index contributed by atoms with van der Waals surface area (Å²) in [6, 6.07) is 5.27. The molecule has 0 fully saturated rings. The van der Waals surface area contributed by atoms with Gasteiger partial charge >= 0.3 is 0 Å². The van der Waals surface area contributed by atoms with Gasteiger partial charge in [0, 0.05) is 24.3 Å². The predicted octanol–water partition coefficient (Wildman–Crippen LogP) is 3.24. The first-order valence-corrected chi connectivity index (χ1v) is 7.11. The number of halogens is 1.